The predicted octanol–water partition coefficient (Wildman–Crippen LogP) is 4.77. The van der Waals surface area contributed by atoms with Gasteiger partial charge in [0.05, 0.1) is 4.90 Å². The number of allylic oxidation sites excluding steroid dienone is 1. The van der Waals surface area contributed by atoms with Crippen LogP contribution in [0.5, 0.6) is 0 Å². The summed E-state index contributed by atoms with van der Waals surface area (Å²) in [5.74, 6) is -0.167. The van der Waals surface area contributed by atoms with E-state index in [2.05, 4.69) is 0 Å². The highest BCUT2D eigenvalue weighted by molar-refractivity contribution is 7.89. The van der Waals surface area contributed by atoms with Gasteiger partial charge >= 0.3 is 0 Å². The van der Waals surface area contributed by atoms with Gasteiger partial charge in [0.25, 0.3) is 0 Å². The van der Waals surface area contributed by atoms with Crippen LogP contribution in [0, 0.1) is 0 Å². The fourth-order valence-corrected chi connectivity index (χ4v) is 4.62. The summed E-state index contributed by atoms with van der Waals surface area (Å²) in [5, 5.41) is 2.19. The van der Waals surface area contributed by atoms with Crippen molar-refractivity contribution in [2.45, 2.75) is 18.7 Å². The molecule has 0 amide bonds. The van der Waals surface area contributed by atoms with Crippen LogP contribution in [0.1, 0.15) is 29.8 Å². The summed E-state index contributed by atoms with van der Waals surface area (Å²) in [4.78, 5) is 12.7. The molecule has 0 aliphatic carbocycles. The molecule has 0 saturated heterocycles. The lowest BCUT2D eigenvalue weighted by atomic mass is 10.0. The maximum atomic E-state index is 12.5. The molecule has 3 rings (SSSR count). The molecule has 0 aliphatic heterocycles. The number of hydrogen-bond donors (Lipinski definition) is 0. The second-order valence-electron chi connectivity index (χ2n) is 6.38. The lowest BCUT2D eigenvalue weighted by molar-refractivity contribution is 0.104. The third-order valence-electron chi connectivity index (χ3n) is 4.72. The molecule has 0 saturated carbocycles. The van der Waals surface area contributed by atoms with Gasteiger partial charge in [0, 0.05) is 18.7 Å². The lowest BCUT2D eigenvalue weighted by Gasteiger charge is -2.18. The number of sulfonamides is 1. The predicted molar refractivity (Wildman–Crippen MR) is 114 cm³/mol. The summed E-state index contributed by atoms with van der Waals surface area (Å²) in [6.45, 7) is 4.43. The first-order valence-corrected chi connectivity index (χ1v) is 10.7. The highest BCUT2D eigenvalue weighted by Gasteiger charge is 2.21. The van der Waals surface area contributed by atoms with E-state index in [-0.39, 0.29) is 10.7 Å². The van der Waals surface area contributed by atoms with E-state index in [0.29, 0.717) is 18.7 Å². The van der Waals surface area contributed by atoms with Crippen molar-refractivity contribution in [1.29, 1.82) is 0 Å². The minimum atomic E-state index is -3.52. The van der Waals surface area contributed by atoms with Crippen molar-refractivity contribution in [3.05, 3.63) is 83.9 Å². The molecule has 0 radical (unpaired) electrons. The largest absolute Gasteiger partial charge is 0.289 e. The van der Waals surface area contributed by atoms with E-state index < -0.39 is 10.0 Å². The van der Waals surface area contributed by atoms with Gasteiger partial charge < -0.3 is 0 Å². The molecule has 0 bridgehead atoms. The maximum absolute atomic E-state index is 12.5. The molecule has 0 unspecified atom stereocenters. The van der Waals surface area contributed by atoms with Crippen molar-refractivity contribution < 1.29 is 13.2 Å². The third-order valence-corrected chi connectivity index (χ3v) is 6.78. The number of fused-ring (bicyclic) bond motifs is 1. The van der Waals surface area contributed by atoms with Crippen molar-refractivity contribution in [3.8, 4) is 0 Å². The number of carbonyl (C=O) groups excluding carboxylic acids is 1. The van der Waals surface area contributed by atoms with Gasteiger partial charge in [-0.3, -0.25) is 4.79 Å². The standard InChI is InChI=1S/C23H23NO3S/c1-3-24(4-2)28(26,27)21-15-12-20(13-16-21)23(25)17-14-19-10-7-9-18-8-5-6-11-22(18)19/h5-17H,3-4H2,1-2H3/b17-14+. The average molecular weight is 394 g/mol. The van der Waals surface area contributed by atoms with E-state index in [0.717, 1.165) is 16.3 Å². The molecule has 0 aliphatic rings. The van der Waals surface area contributed by atoms with E-state index in [1.807, 2.05) is 42.5 Å². The summed E-state index contributed by atoms with van der Waals surface area (Å²) in [6, 6.07) is 20.1. The summed E-state index contributed by atoms with van der Waals surface area (Å²) in [5.41, 5.74) is 1.42. The van der Waals surface area contributed by atoms with Gasteiger partial charge in [-0.05, 0) is 46.7 Å². The Kier molecular flexibility index (Phi) is 6.07. The number of rotatable bonds is 7. The van der Waals surface area contributed by atoms with E-state index in [1.165, 1.54) is 22.5 Å². The van der Waals surface area contributed by atoms with Gasteiger partial charge in [0.2, 0.25) is 10.0 Å². The van der Waals surface area contributed by atoms with Gasteiger partial charge in [-0.25, -0.2) is 8.42 Å². The maximum Gasteiger partial charge on any atom is 0.243 e. The molecule has 0 atom stereocenters. The molecule has 144 valence electrons. The monoisotopic (exact) mass is 393 g/mol. The first-order valence-electron chi connectivity index (χ1n) is 9.27. The number of ketones is 1. The highest BCUT2D eigenvalue weighted by atomic mass is 32.2. The number of nitrogens with zero attached hydrogens (tertiary/aromatic N) is 1. The Balaban J connectivity index is 1.83. The Hall–Kier alpha value is -2.76. The van der Waals surface area contributed by atoms with Crippen molar-refractivity contribution in [2.24, 2.45) is 0 Å². The molecule has 5 heteroatoms. The molecule has 3 aromatic carbocycles. The molecule has 0 fully saturated rings. The third kappa shape index (κ3) is 4.06. The smallest absolute Gasteiger partial charge is 0.243 e. The SMILES string of the molecule is CCN(CC)S(=O)(=O)c1ccc(C(=O)/C=C/c2cccc3ccccc23)cc1. The van der Waals surface area contributed by atoms with Crippen LogP contribution >= 0.6 is 0 Å². The molecule has 4 nitrogen and oxygen atoms in total. The topological polar surface area (TPSA) is 54.5 Å². The summed E-state index contributed by atoms with van der Waals surface area (Å²) in [6.07, 6.45) is 3.32. The fourth-order valence-electron chi connectivity index (χ4n) is 3.16. The van der Waals surface area contributed by atoms with Gasteiger partial charge in [0.15, 0.2) is 5.78 Å². The van der Waals surface area contributed by atoms with Gasteiger partial charge in [-0.2, -0.15) is 4.31 Å². The zero-order valence-electron chi connectivity index (χ0n) is 16.0. The molecule has 0 heterocycles. The van der Waals surface area contributed by atoms with Crippen molar-refractivity contribution in [2.75, 3.05) is 13.1 Å². The molecule has 0 N–H and O–H groups in total. The minimum absolute atomic E-state index is 0.167. The van der Waals surface area contributed by atoms with Crippen molar-refractivity contribution >= 4 is 32.7 Å². The second-order valence-corrected chi connectivity index (χ2v) is 8.32. The Morgan fingerprint density at radius 2 is 1.54 bits per heavy atom. The van der Waals surface area contributed by atoms with E-state index in [4.69, 9.17) is 0 Å². The normalized spacial score (nSPS) is 12.1. The van der Waals surface area contributed by atoms with E-state index in [1.54, 1.807) is 32.1 Å². The first-order chi connectivity index (χ1) is 13.5. The Morgan fingerprint density at radius 3 is 2.21 bits per heavy atom. The van der Waals surface area contributed by atoms with Gasteiger partial charge in [-0.15, -0.1) is 0 Å². The summed E-state index contributed by atoms with van der Waals surface area (Å²) < 4.78 is 26.5. The molecular formula is C23H23NO3S. The lowest BCUT2D eigenvalue weighted by Crippen LogP contribution is -2.30. The van der Waals surface area contributed by atoms with Crippen LogP contribution in [0.25, 0.3) is 16.8 Å². The van der Waals surface area contributed by atoms with Crippen LogP contribution in [0.15, 0.2) is 77.7 Å². The van der Waals surface area contributed by atoms with Crippen LogP contribution < -0.4 is 0 Å². The molecule has 0 spiro atoms. The van der Waals surface area contributed by atoms with Crippen molar-refractivity contribution in [3.63, 3.8) is 0 Å². The highest BCUT2D eigenvalue weighted by Crippen LogP contribution is 2.20. The Bertz CT molecular complexity index is 1110. The molecule has 3 aromatic rings. The quantitative estimate of drug-likeness (QED) is 0.429. The Labute approximate surface area is 166 Å². The van der Waals surface area contributed by atoms with E-state index >= 15 is 0 Å². The number of carbonyl (C=O) groups is 1. The average Bonchev–Trinajstić information content (AvgIpc) is 2.72. The van der Waals surface area contributed by atoms with Crippen LogP contribution in [-0.2, 0) is 10.0 Å². The zero-order chi connectivity index (χ0) is 20.1. The second kappa shape index (κ2) is 8.50. The molecule has 28 heavy (non-hydrogen) atoms. The first kappa shape index (κ1) is 20.0. The van der Waals surface area contributed by atoms with Crippen molar-refractivity contribution in [1.82, 2.24) is 4.31 Å². The van der Waals surface area contributed by atoms with Gasteiger partial charge in [0.1, 0.15) is 0 Å². The van der Waals surface area contributed by atoms with Crippen LogP contribution in [0.4, 0.5) is 0 Å². The molecule has 0 aromatic heterocycles. The fraction of sp³-hybridized carbons (Fsp3) is 0.174. The summed E-state index contributed by atoms with van der Waals surface area (Å²) in [7, 11) is -3.52. The minimum Gasteiger partial charge on any atom is -0.289 e. The molecular weight excluding hydrogens is 370 g/mol. The zero-order valence-corrected chi connectivity index (χ0v) is 16.8. The van der Waals surface area contributed by atoms with Crippen LogP contribution in [0.2, 0.25) is 0 Å². The van der Waals surface area contributed by atoms with Gasteiger partial charge in [-0.1, -0.05) is 62.4 Å². The summed E-state index contributed by atoms with van der Waals surface area (Å²) >= 11 is 0. The van der Waals surface area contributed by atoms with Crippen LogP contribution in [-0.4, -0.2) is 31.6 Å². The Morgan fingerprint density at radius 1 is 0.893 bits per heavy atom. The number of hydrogen-bond acceptors (Lipinski definition) is 3. The van der Waals surface area contributed by atoms with E-state index in [9.17, 15) is 13.2 Å². The number of benzene rings is 3. The van der Waals surface area contributed by atoms with Crippen LogP contribution in [0.3, 0.4) is 0 Å².